The lowest BCUT2D eigenvalue weighted by atomic mass is 9.88. The van der Waals surface area contributed by atoms with E-state index in [1.807, 2.05) is 6.08 Å². The van der Waals surface area contributed by atoms with Crippen molar-refractivity contribution in [3.63, 3.8) is 0 Å². The molecule has 13 heavy (non-hydrogen) atoms. The molecule has 1 aliphatic carbocycles. The van der Waals surface area contributed by atoms with Crippen LogP contribution < -0.4 is 5.11 Å². The number of aliphatic carboxylic acids is 1. The average Bonchev–Trinajstić information content (AvgIpc) is 2.81. The number of epoxide rings is 1. The molecule has 1 aliphatic heterocycles. The van der Waals surface area contributed by atoms with Crippen LogP contribution in [0.3, 0.4) is 0 Å². The van der Waals surface area contributed by atoms with Crippen molar-refractivity contribution in [2.45, 2.75) is 38.4 Å². The van der Waals surface area contributed by atoms with Crippen molar-refractivity contribution in [3.05, 3.63) is 11.6 Å². The van der Waals surface area contributed by atoms with E-state index >= 15 is 0 Å². The van der Waals surface area contributed by atoms with E-state index in [1.165, 1.54) is 0 Å². The van der Waals surface area contributed by atoms with Crippen LogP contribution in [0.1, 0.15) is 26.2 Å². The zero-order valence-corrected chi connectivity index (χ0v) is 7.66. The van der Waals surface area contributed by atoms with Gasteiger partial charge < -0.3 is 14.6 Å². The van der Waals surface area contributed by atoms with E-state index in [-0.39, 0.29) is 0 Å². The molecule has 0 radical (unpaired) electrons. The fraction of sp³-hybridized carbons (Fsp3) is 0.700. The number of hydrogen-bond acceptors (Lipinski definition) is 3. The van der Waals surface area contributed by atoms with Crippen LogP contribution in [0.25, 0.3) is 0 Å². The fourth-order valence-corrected chi connectivity index (χ4v) is 2.01. The summed E-state index contributed by atoms with van der Waals surface area (Å²) in [5, 5.41) is 10.5. The Labute approximate surface area is 77.4 Å². The van der Waals surface area contributed by atoms with Gasteiger partial charge in [0.05, 0.1) is 18.2 Å². The molecule has 1 heterocycles. The molecule has 0 amide bonds. The van der Waals surface area contributed by atoms with E-state index in [1.54, 1.807) is 6.92 Å². The third kappa shape index (κ3) is 1.91. The monoisotopic (exact) mass is 181 g/mol. The van der Waals surface area contributed by atoms with E-state index in [0.717, 1.165) is 19.3 Å². The number of carboxylic acid groups (broad SMARTS) is 1. The molecule has 3 atom stereocenters. The van der Waals surface area contributed by atoms with Crippen LogP contribution in [0.4, 0.5) is 0 Å². The number of carbonyl (C=O) groups excluding carboxylic acids is 1. The highest BCUT2D eigenvalue weighted by Gasteiger charge is 2.43. The minimum absolute atomic E-state index is 0.351. The highest BCUT2D eigenvalue weighted by molar-refractivity contribution is 5.83. The summed E-state index contributed by atoms with van der Waals surface area (Å²) in [6, 6.07) is 0. The maximum Gasteiger partial charge on any atom is 0.0847 e. The van der Waals surface area contributed by atoms with Gasteiger partial charge in [-0.25, -0.2) is 0 Å². The van der Waals surface area contributed by atoms with Crippen LogP contribution in [0.15, 0.2) is 11.6 Å². The van der Waals surface area contributed by atoms with E-state index in [4.69, 9.17) is 4.74 Å². The van der Waals surface area contributed by atoms with Crippen LogP contribution in [-0.2, 0) is 9.53 Å². The van der Waals surface area contributed by atoms with Crippen molar-refractivity contribution < 1.29 is 14.6 Å². The summed E-state index contributed by atoms with van der Waals surface area (Å²) in [5.41, 5.74) is 0.351. The van der Waals surface area contributed by atoms with Gasteiger partial charge in [0.15, 0.2) is 0 Å². The average molecular weight is 181 g/mol. The molecule has 72 valence electrons. The molecular formula is C10H13O3-. The van der Waals surface area contributed by atoms with Crippen molar-refractivity contribution in [1.82, 2.24) is 0 Å². The number of rotatable bonds is 2. The number of fused-ring (bicyclic) bond motifs is 1. The summed E-state index contributed by atoms with van der Waals surface area (Å²) in [6.45, 7) is 1.59. The Morgan fingerprint density at radius 3 is 2.85 bits per heavy atom. The molecule has 2 fully saturated rings. The summed E-state index contributed by atoms with van der Waals surface area (Å²) in [5.74, 6) is -0.680. The summed E-state index contributed by atoms with van der Waals surface area (Å²) in [7, 11) is 0. The summed E-state index contributed by atoms with van der Waals surface area (Å²) in [4.78, 5) is 10.5. The molecule has 0 N–H and O–H groups in total. The maximum atomic E-state index is 10.5. The molecule has 0 aromatic carbocycles. The number of allylic oxidation sites excluding steroid dienone is 1. The van der Waals surface area contributed by atoms with Crippen molar-refractivity contribution in [2.24, 2.45) is 5.92 Å². The second-order valence-corrected chi connectivity index (χ2v) is 3.92. The lowest BCUT2D eigenvalue weighted by Gasteiger charge is -2.16. The van der Waals surface area contributed by atoms with Gasteiger partial charge in [-0.05, 0) is 37.7 Å². The number of carboxylic acids is 1. The van der Waals surface area contributed by atoms with E-state index in [2.05, 4.69) is 0 Å². The van der Waals surface area contributed by atoms with Gasteiger partial charge in [0.25, 0.3) is 0 Å². The molecule has 0 bridgehead atoms. The predicted molar refractivity (Wildman–Crippen MR) is 44.8 cm³/mol. The molecule has 2 aliphatic rings. The summed E-state index contributed by atoms with van der Waals surface area (Å²) < 4.78 is 5.36. The molecule has 1 saturated heterocycles. The van der Waals surface area contributed by atoms with Crippen LogP contribution in [0, 0.1) is 5.92 Å². The number of carbonyl (C=O) groups is 1. The summed E-state index contributed by atoms with van der Waals surface area (Å²) >= 11 is 0. The van der Waals surface area contributed by atoms with E-state index in [0.29, 0.717) is 23.7 Å². The highest BCUT2D eigenvalue weighted by atomic mass is 16.6. The van der Waals surface area contributed by atoms with Crippen molar-refractivity contribution in [1.29, 1.82) is 0 Å². The SMILES string of the molecule is C/C(=C\C1CCC2OC2C1)C(=O)[O-]. The Morgan fingerprint density at radius 1 is 1.46 bits per heavy atom. The first-order chi connectivity index (χ1) is 6.16. The molecule has 2 rings (SSSR count). The van der Waals surface area contributed by atoms with Crippen LogP contribution in [0.5, 0.6) is 0 Å². The Bertz CT molecular complexity index is 257. The zero-order chi connectivity index (χ0) is 9.42. The maximum absolute atomic E-state index is 10.5. The molecular weight excluding hydrogens is 168 g/mol. The third-order valence-electron chi connectivity index (χ3n) is 2.85. The largest absolute Gasteiger partial charge is 0.545 e. The Hall–Kier alpha value is -0.830. The highest BCUT2D eigenvalue weighted by Crippen LogP contribution is 2.40. The van der Waals surface area contributed by atoms with Crippen molar-refractivity contribution in [2.75, 3.05) is 0 Å². The van der Waals surface area contributed by atoms with Gasteiger partial charge >= 0.3 is 0 Å². The predicted octanol–water partition coefficient (Wildman–Crippen LogP) is 0.250. The lowest BCUT2D eigenvalue weighted by Crippen LogP contribution is -2.24. The molecule has 0 aromatic rings. The minimum Gasteiger partial charge on any atom is -0.545 e. The summed E-state index contributed by atoms with van der Waals surface area (Å²) in [6.07, 6.45) is 5.80. The molecule has 3 nitrogen and oxygen atoms in total. The number of ether oxygens (including phenoxy) is 1. The molecule has 3 unspecified atom stereocenters. The van der Waals surface area contributed by atoms with Crippen LogP contribution in [0.2, 0.25) is 0 Å². The first-order valence-electron chi connectivity index (χ1n) is 4.72. The van der Waals surface area contributed by atoms with Gasteiger partial charge in [0.1, 0.15) is 0 Å². The first-order valence-corrected chi connectivity index (χ1v) is 4.72. The topological polar surface area (TPSA) is 52.7 Å². The normalized spacial score (nSPS) is 38.2. The van der Waals surface area contributed by atoms with Gasteiger partial charge in [-0.1, -0.05) is 6.08 Å². The molecule has 0 aromatic heterocycles. The Morgan fingerprint density at radius 2 is 2.23 bits per heavy atom. The Balaban J connectivity index is 1.93. The van der Waals surface area contributed by atoms with Gasteiger partial charge in [-0.3, -0.25) is 0 Å². The third-order valence-corrected chi connectivity index (χ3v) is 2.85. The number of hydrogen-bond donors (Lipinski definition) is 0. The Kier molecular flexibility index (Phi) is 2.12. The second-order valence-electron chi connectivity index (χ2n) is 3.92. The quantitative estimate of drug-likeness (QED) is 0.453. The van der Waals surface area contributed by atoms with E-state index in [9.17, 15) is 9.90 Å². The molecule has 1 saturated carbocycles. The van der Waals surface area contributed by atoms with Crippen molar-refractivity contribution >= 4 is 5.97 Å². The zero-order valence-electron chi connectivity index (χ0n) is 7.66. The standard InChI is InChI=1S/C10H14O3/c1-6(10(11)12)4-7-2-3-8-9(5-7)13-8/h4,7-9H,2-3,5H2,1H3,(H,11,12)/p-1/b6-4+. The lowest BCUT2D eigenvalue weighted by molar-refractivity contribution is -0.299. The van der Waals surface area contributed by atoms with Crippen LogP contribution >= 0.6 is 0 Å². The van der Waals surface area contributed by atoms with Gasteiger partial charge in [0, 0.05) is 0 Å². The first kappa shape index (κ1) is 8.75. The smallest absolute Gasteiger partial charge is 0.0847 e. The fourth-order valence-electron chi connectivity index (χ4n) is 2.01. The minimum atomic E-state index is -1.06. The second kappa shape index (κ2) is 3.14. The van der Waals surface area contributed by atoms with E-state index < -0.39 is 5.97 Å². The van der Waals surface area contributed by atoms with Gasteiger partial charge in [-0.2, -0.15) is 0 Å². The van der Waals surface area contributed by atoms with Crippen LogP contribution in [-0.4, -0.2) is 18.2 Å². The van der Waals surface area contributed by atoms with Gasteiger partial charge in [0.2, 0.25) is 0 Å². The van der Waals surface area contributed by atoms with Crippen molar-refractivity contribution in [3.8, 4) is 0 Å². The molecule has 3 heteroatoms. The van der Waals surface area contributed by atoms with Gasteiger partial charge in [-0.15, -0.1) is 0 Å². The molecule has 0 spiro atoms.